The van der Waals surface area contributed by atoms with E-state index in [1.165, 1.54) is 11.3 Å². The van der Waals surface area contributed by atoms with Gasteiger partial charge in [-0.2, -0.15) is 0 Å². The van der Waals surface area contributed by atoms with E-state index in [0.29, 0.717) is 17.2 Å². The number of nitrogens with two attached hydrogens (primary N) is 1. The molecule has 1 amide bonds. The van der Waals surface area contributed by atoms with E-state index >= 15 is 0 Å². The summed E-state index contributed by atoms with van der Waals surface area (Å²) in [6.45, 7) is 2.63. The minimum Gasteiger partial charge on any atom is -0.496 e. The van der Waals surface area contributed by atoms with Crippen molar-refractivity contribution in [3.05, 3.63) is 16.3 Å². The third-order valence-corrected chi connectivity index (χ3v) is 3.18. The number of hydrogen-bond acceptors (Lipinski definition) is 5. The first kappa shape index (κ1) is 14.3. The Morgan fingerprint density at radius 3 is 2.89 bits per heavy atom. The highest BCUT2D eigenvalue weighted by atomic mass is 32.1. The summed E-state index contributed by atoms with van der Waals surface area (Å²) in [5.74, 6) is 0.528. The van der Waals surface area contributed by atoms with Crippen LogP contribution >= 0.6 is 11.3 Å². The zero-order valence-electron chi connectivity index (χ0n) is 10.4. The van der Waals surface area contributed by atoms with Crippen molar-refractivity contribution in [1.82, 2.24) is 4.90 Å². The highest BCUT2D eigenvalue weighted by molar-refractivity contribution is 7.12. The maximum atomic E-state index is 12.2. The summed E-state index contributed by atoms with van der Waals surface area (Å²) in [5, 5.41) is 13.2. The fourth-order valence-electron chi connectivity index (χ4n) is 1.44. The van der Waals surface area contributed by atoms with Gasteiger partial charge in [0.25, 0.3) is 5.91 Å². The molecule has 0 radical (unpaired) electrons. The number of methoxy groups -OCH3 is 1. The SMILES string of the molecule is CCCN(CC(N)=NO)C(=O)c1cc(OC)cs1. The molecular formula is C11H17N3O3S. The van der Waals surface area contributed by atoms with Crippen LogP contribution in [0.4, 0.5) is 0 Å². The van der Waals surface area contributed by atoms with Crippen LogP contribution in [0.2, 0.25) is 0 Å². The van der Waals surface area contributed by atoms with E-state index in [4.69, 9.17) is 15.7 Å². The predicted octanol–water partition coefficient (Wildman–Crippen LogP) is 1.36. The Hall–Kier alpha value is -1.76. The van der Waals surface area contributed by atoms with Crippen LogP contribution in [0.1, 0.15) is 23.0 Å². The van der Waals surface area contributed by atoms with Gasteiger partial charge < -0.3 is 20.6 Å². The second-order valence-corrected chi connectivity index (χ2v) is 4.58. The zero-order valence-corrected chi connectivity index (χ0v) is 11.2. The van der Waals surface area contributed by atoms with Gasteiger partial charge in [0.05, 0.1) is 18.5 Å². The van der Waals surface area contributed by atoms with Crippen molar-refractivity contribution in [3.8, 4) is 5.75 Å². The lowest BCUT2D eigenvalue weighted by atomic mass is 10.3. The van der Waals surface area contributed by atoms with Crippen molar-refractivity contribution in [1.29, 1.82) is 0 Å². The molecule has 0 bridgehead atoms. The third kappa shape index (κ3) is 3.63. The summed E-state index contributed by atoms with van der Waals surface area (Å²) in [6, 6.07) is 1.68. The molecule has 1 rings (SSSR count). The van der Waals surface area contributed by atoms with Gasteiger partial charge in [0.2, 0.25) is 0 Å². The molecule has 3 N–H and O–H groups in total. The Morgan fingerprint density at radius 2 is 2.39 bits per heavy atom. The number of oxime groups is 1. The van der Waals surface area contributed by atoms with Crippen molar-refractivity contribution in [2.45, 2.75) is 13.3 Å². The summed E-state index contributed by atoms with van der Waals surface area (Å²) in [5.41, 5.74) is 5.44. The van der Waals surface area contributed by atoms with Gasteiger partial charge in [-0.3, -0.25) is 4.79 Å². The van der Waals surface area contributed by atoms with Crippen LogP contribution in [0.5, 0.6) is 5.75 Å². The lowest BCUT2D eigenvalue weighted by Crippen LogP contribution is -2.38. The monoisotopic (exact) mass is 271 g/mol. The van der Waals surface area contributed by atoms with Gasteiger partial charge in [-0.05, 0) is 6.42 Å². The summed E-state index contributed by atoms with van der Waals surface area (Å²) in [7, 11) is 1.55. The molecule has 0 atom stereocenters. The number of carbonyl (C=O) groups excluding carboxylic acids is 1. The molecular weight excluding hydrogens is 254 g/mol. The molecule has 0 aliphatic rings. The molecule has 0 unspecified atom stereocenters. The molecule has 0 saturated heterocycles. The van der Waals surface area contributed by atoms with Crippen LogP contribution in [0, 0.1) is 0 Å². The first-order chi connectivity index (χ1) is 8.62. The van der Waals surface area contributed by atoms with Crippen molar-refractivity contribution >= 4 is 23.1 Å². The summed E-state index contributed by atoms with van der Waals surface area (Å²) in [6.07, 6.45) is 0.799. The van der Waals surface area contributed by atoms with E-state index in [-0.39, 0.29) is 18.3 Å². The Bertz CT molecular complexity index is 431. The highest BCUT2D eigenvalue weighted by Gasteiger charge is 2.18. The van der Waals surface area contributed by atoms with Crippen LogP contribution in [-0.4, -0.2) is 42.0 Å². The molecule has 100 valence electrons. The van der Waals surface area contributed by atoms with Gasteiger partial charge in [0, 0.05) is 18.0 Å². The molecule has 7 heteroatoms. The van der Waals surface area contributed by atoms with Gasteiger partial charge in [-0.15, -0.1) is 11.3 Å². The van der Waals surface area contributed by atoms with Gasteiger partial charge >= 0.3 is 0 Å². The Morgan fingerprint density at radius 1 is 1.67 bits per heavy atom. The fourth-order valence-corrected chi connectivity index (χ4v) is 2.26. The second kappa shape index (κ2) is 6.85. The average molecular weight is 271 g/mol. The lowest BCUT2D eigenvalue weighted by Gasteiger charge is -2.20. The second-order valence-electron chi connectivity index (χ2n) is 3.67. The summed E-state index contributed by atoms with van der Waals surface area (Å²) in [4.78, 5) is 14.3. The van der Waals surface area contributed by atoms with Gasteiger partial charge in [0.15, 0.2) is 5.84 Å². The van der Waals surface area contributed by atoms with Crippen LogP contribution < -0.4 is 10.5 Å². The maximum Gasteiger partial charge on any atom is 0.264 e. The van der Waals surface area contributed by atoms with Crippen LogP contribution in [0.15, 0.2) is 16.6 Å². The highest BCUT2D eigenvalue weighted by Crippen LogP contribution is 2.22. The number of rotatable bonds is 6. The summed E-state index contributed by atoms with van der Waals surface area (Å²) < 4.78 is 5.04. The van der Waals surface area contributed by atoms with Crippen molar-refractivity contribution < 1.29 is 14.7 Å². The minimum atomic E-state index is -0.142. The molecule has 0 fully saturated rings. The zero-order chi connectivity index (χ0) is 13.5. The van der Waals surface area contributed by atoms with Crippen molar-refractivity contribution in [2.24, 2.45) is 10.9 Å². The standard InChI is InChI=1S/C11H17N3O3S/c1-3-4-14(6-10(12)13-16)11(15)9-5-8(17-2)7-18-9/h5,7,16H,3-4,6H2,1-2H3,(H2,12,13). The molecule has 1 aromatic rings. The van der Waals surface area contributed by atoms with Crippen LogP contribution in [-0.2, 0) is 0 Å². The van der Waals surface area contributed by atoms with E-state index < -0.39 is 0 Å². The minimum absolute atomic E-state index is 0.0142. The van der Waals surface area contributed by atoms with Gasteiger partial charge in [0.1, 0.15) is 5.75 Å². The normalized spacial score (nSPS) is 11.3. The van der Waals surface area contributed by atoms with E-state index in [2.05, 4.69) is 5.16 Å². The Labute approximate surface area is 110 Å². The molecule has 0 saturated carbocycles. The lowest BCUT2D eigenvalue weighted by molar-refractivity contribution is 0.0783. The third-order valence-electron chi connectivity index (χ3n) is 2.28. The van der Waals surface area contributed by atoms with Crippen molar-refractivity contribution in [2.75, 3.05) is 20.2 Å². The van der Waals surface area contributed by atoms with Gasteiger partial charge in [-0.1, -0.05) is 12.1 Å². The quantitative estimate of drug-likeness (QED) is 0.354. The van der Waals surface area contributed by atoms with E-state index in [1.807, 2.05) is 6.92 Å². The van der Waals surface area contributed by atoms with E-state index in [0.717, 1.165) is 6.42 Å². The number of ether oxygens (including phenoxy) is 1. The molecule has 1 heterocycles. The fraction of sp³-hybridized carbons (Fsp3) is 0.455. The topological polar surface area (TPSA) is 88.1 Å². The van der Waals surface area contributed by atoms with E-state index in [1.54, 1.807) is 23.5 Å². The molecule has 18 heavy (non-hydrogen) atoms. The Balaban J connectivity index is 2.81. The number of amides is 1. The average Bonchev–Trinajstić information content (AvgIpc) is 2.85. The number of hydrogen-bond donors (Lipinski definition) is 2. The van der Waals surface area contributed by atoms with Crippen LogP contribution in [0.3, 0.4) is 0 Å². The predicted molar refractivity (Wildman–Crippen MR) is 70.5 cm³/mol. The number of carbonyl (C=O) groups is 1. The molecule has 0 aromatic carbocycles. The molecule has 0 aliphatic heterocycles. The Kier molecular flexibility index (Phi) is 5.44. The largest absolute Gasteiger partial charge is 0.496 e. The number of amidine groups is 1. The first-order valence-corrected chi connectivity index (χ1v) is 6.38. The van der Waals surface area contributed by atoms with Crippen LogP contribution in [0.25, 0.3) is 0 Å². The molecule has 1 aromatic heterocycles. The molecule has 0 aliphatic carbocycles. The smallest absolute Gasteiger partial charge is 0.264 e. The molecule has 0 spiro atoms. The van der Waals surface area contributed by atoms with E-state index in [9.17, 15) is 4.79 Å². The maximum absolute atomic E-state index is 12.2. The number of nitrogens with zero attached hydrogens (tertiary/aromatic N) is 2. The molecule has 6 nitrogen and oxygen atoms in total. The first-order valence-electron chi connectivity index (χ1n) is 5.50. The van der Waals surface area contributed by atoms with Gasteiger partial charge in [-0.25, -0.2) is 0 Å². The van der Waals surface area contributed by atoms with Crippen molar-refractivity contribution in [3.63, 3.8) is 0 Å². The summed E-state index contributed by atoms with van der Waals surface area (Å²) >= 11 is 1.31. The number of thiophene rings is 1.